The molecule has 0 bridgehead atoms. The van der Waals surface area contributed by atoms with E-state index >= 15 is 0 Å². The van der Waals surface area contributed by atoms with E-state index in [0.29, 0.717) is 0 Å². The summed E-state index contributed by atoms with van der Waals surface area (Å²) in [6.07, 6.45) is 0. The van der Waals surface area contributed by atoms with Gasteiger partial charge in [-0.05, 0) is 51.4 Å². The van der Waals surface area contributed by atoms with Gasteiger partial charge in [-0.2, -0.15) is 0 Å². The second kappa shape index (κ2) is 31.1. The molecule has 9 nitrogen and oxygen atoms in total. The number of nitriles is 2. The number of rotatable bonds is 7. The van der Waals surface area contributed by atoms with Crippen LogP contribution in [0.3, 0.4) is 0 Å². The predicted octanol–water partition coefficient (Wildman–Crippen LogP) is 9.05. The first kappa shape index (κ1) is 49.9. The number of halogens is 1. The normalized spacial score (nSPS) is 9.55. The average molecular weight is 852 g/mol. The largest absolute Gasteiger partial charge is 1.00 e. The smallest absolute Gasteiger partial charge is 0.691 e. The molecule has 6 aromatic carbocycles. The minimum atomic E-state index is -0.653. The van der Waals surface area contributed by atoms with E-state index in [4.69, 9.17) is 28.5 Å². The minimum absolute atomic E-state index is 0. The van der Waals surface area contributed by atoms with Crippen molar-refractivity contribution in [3.63, 3.8) is 0 Å². The summed E-state index contributed by atoms with van der Waals surface area (Å²) in [4.78, 5) is 10.5. The van der Waals surface area contributed by atoms with Crippen molar-refractivity contribution in [2.24, 2.45) is 14.6 Å². The fourth-order valence-corrected chi connectivity index (χ4v) is 5.38. The van der Waals surface area contributed by atoms with Crippen molar-refractivity contribution in [3.8, 4) is 45.5 Å². The number of alkyl halides is 1. The van der Waals surface area contributed by atoms with Crippen molar-refractivity contribution in [1.29, 1.82) is 10.5 Å². The summed E-state index contributed by atoms with van der Waals surface area (Å²) >= 11 is 6.70. The first-order chi connectivity index (χ1) is 27.9. The number of nitrogens with zero attached hydrogens (tertiary/aromatic N) is 7. The van der Waals surface area contributed by atoms with Crippen LogP contribution in [0.15, 0.2) is 178 Å². The monoisotopic (exact) mass is 850 g/mol. The van der Waals surface area contributed by atoms with E-state index in [0.717, 1.165) is 22.0 Å². The molecule has 6 rings (SSSR count). The Labute approximate surface area is 377 Å². The van der Waals surface area contributed by atoms with Gasteiger partial charge in [0.1, 0.15) is 12.1 Å². The number of amidine groups is 2. The van der Waals surface area contributed by atoms with Crippen molar-refractivity contribution in [2.45, 2.75) is 18.9 Å². The van der Waals surface area contributed by atoms with Crippen molar-refractivity contribution in [3.05, 3.63) is 209 Å². The Balaban J connectivity index is 0.000000394. The van der Waals surface area contributed by atoms with E-state index in [-0.39, 0.29) is 42.0 Å². The van der Waals surface area contributed by atoms with Gasteiger partial charge in [0.2, 0.25) is 0 Å². The van der Waals surface area contributed by atoms with Crippen LogP contribution in [0.2, 0.25) is 0 Å². The molecule has 279 valence electrons. The van der Waals surface area contributed by atoms with E-state index in [1.54, 1.807) is 6.07 Å². The van der Waals surface area contributed by atoms with Gasteiger partial charge in [0, 0.05) is 10.9 Å². The van der Waals surface area contributed by atoms with Crippen LogP contribution in [-0.4, -0.2) is 19.3 Å². The zero-order valence-electron chi connectivity index (χ0n) is 31.9. The second-order valence-corrected chi connectivity index (χ2v) is 11.8. The SMILES string of the molecule is BrCc1ccccc1-c1ccccc1.Cc1ccccc1-c1ccccc1.[B]=NS.[C-]#[N+]/C(C#N)=N/OCc1ccccc1-c1ccccc1.[C-]#[N+]/C(C#N)=N/[O-].[Na+]. The van der Waals surface area contributed by atoms with E-state index in [1.165, 1.54) is 39.4 Å². The van der Waals surface area contributed by atoms with Crippen LogP contribution in [-0.2, 0) is 16.8 Å². The number of aryl methyl sites for hydroxylation is 1. The topological polar surface area (TPSA) is 126 Å². The molecule has 58 heavy (non-hydrogen) atoms. The first-order valence-corrected chi connectivity index (χ1v) is 18.4. The molecule has 6 aromatic rings. The number of hydrogen-bond donors (Lipinski definition) is 1. The molecule has 0 aliphatic rings. The summed E-state index contributed by atoms with van der Waals surface area (Å²) in [5.41, 5.74) is 10.9. The molecule has 0 amide bonds. The van der Waals surface area contributed by atoms with Gasteiger partial charge in [-0.1, -0.05) is 193 Å². The van der Waals surface area contributed by atoms with E-state index in [9.17, 15) is 5.21 Å². The van der Waals surface area contributed by atoms with Crippen LogP contribution in [0.4, 0.5) is 0 Å². The molecule has 0 aliphatic carbocycles. The molecule has 0 fully saturated rings. The van der Waals surface area contributed by atoms with Crippen LogP contribution in [0.1, 0.15) is 16.7 Å². The molecule has 1 radical (unpaired) electrons. The Morgan fingerprint density at radius 3 is 1.40 bits per heavy atom. The summed E-state index contributed by atoms with van der Waals surface area (Å²) < 4.78 is 2.69. The second-order valence-electron chi connectivity index (χ2n) is 11.0. The van der Waals surface area contributed by atoms with Gasteiger partial charge in [0.05, 0.1) is 5.16 Å². The maximum Gasteiger partial charge on any atom is 1.00 e. The summed E-state index contributed by atoms with van der Waals surface area (Å²) in [7, 11) is 4.34. The maximum atomic E-state index is 9.24. The van der Waals surface area contributed by atoms with E-state index in [1.807, 2.05) is 66.7 Å². The van der Waals surface area contributed by atoms with Gasteiger partial charge in [0.25, 0.3) is 0 Å². The third kappa shape index (κ3) is 18.2. The van der Waals surface area contributed by atoms with Crippen LogP contribution >= 0.6 is 28.7 Å². The van der Waals surface area contributed by atoms with Crippen molar-refractivity contribution < 1.29 is 34.4 Å². The molecule has 0 saturated carbocycles. The van der Waals surface area contributed by atoms with Crippen LogP contribution in [0.25, 0.3) is 43.1 Å². The number of thiol groups is 1. The van der Waals surface area contributed by atoms with Gasteiger partial charge in [-0.3, -0.25) is 0 Å². The Morgan fingerprint density at radius 1 is 0.655 bits per heavy atom. The summed E-state index contributed by atoms with van der Waals surface area (Å²) in [6, 6.07) is 58.5. The average Bonchev–Trinajstić information content (AvgIpc) is 3.28. The van der Waals surface area contributed by atoms with Gasteiger partial charge in [-0.25, -0.2) is 10.5 Å². The predicted molar refractivity (Wildman–Crippen MR) is 238 cm³/mol. The van der Waals surface area contributed by atoms with Crippen LogP contribution in [0.5, 0.6) is 0 Å². The van der Waals surface area contributed by atoms with Crippen LogP contribution < -0.4 is 29.6 Å². The molecule has 0 heterocycles. The Bertz CT molecular complexity index is 2330. The van der Waals surface area contributed by atoms with Gasteiger partial charge in [-0.15, -0.1) is 5.16 Å². The quantitative estimate of drug-likeness (QED) is 0.0327. The maximum absolute atomic E-state index is 9.24. The van der Waals surface area contributed by atoms with Gasteiger partial charge < -0.3 is 19.7 Å². The Kier molecular flexibility index (Phi) is 26.7. The summed E-state index contributed by atoms with van der Waals surface area (Å²) in [5.74, 6) is -0.956. The number of benzene rings is 6. The van der Waals surface area contributed by atoms with E-state index in [2.05, 4.69) is 165 Å². The van der Waals surface area contributed by atoms with Crippen molar-refractivity contribution >= 4 is 48.1 Å². The third-order valence-electron chi connectivity index (χ3n) is 7.45. The zero-order chi connectivity index (χ0) is 41.5. The molecule has 13 heteroatoms. The number of oxime groups is 1. The summed E-state index contributed by atoms with van der Waals surface area (Å²) in [5, 5.41) is 32.0. The molecule has 0 unspecified atom stereocenters. The molecule has 0 N–H and O–H groups in total. The molecule has 0 aliphatic heterocycles. The third-order valence-corrected chi connectivity index (χ3v) is 8.05. The number of hydrogen-bond acceptors (Lipinski definition) is 8. The molecule has 0 atom stereocenters. The van der Waals surface area contributed by atoms with E-state index < -0.39 is 5.84 Å². The molecule has 0 spiro atoms. The van der Waals surface area contributed by atoms with Gasteiger partial charge in [0.15, 0.2) is 6.61 Å². The fourth-order valence-electron chi connectivity index (χ4n) is 4.89. The zero-order valence-corrected chi connectivity index (χ0v) is 36.3. The standard InChI is InChI=1S/C16H11N3O.C13H11Br.C13H12.C3HN3O.BHNS.Na/c1-18-16(11-17)19-20-12-14-9-5-6-10-15(14)13-7-3-2-4-8-13;14-10-12-8-4-5-9-13(12)11-6-2-1-3-7-11;1-11-7-5-6-10-13(11)12-8-3-2-4-9-12;1-5-3(2-4)6-7;1-2-3;/h2-10H,12H2;1-9H,10H2;2-10H,1H3;7H;3H;/q;;;;;+1/p-1/b19-16+;;;6-3+;;. The molecule has 0 aromatic heterocycles. The fraction of sp³-hybridized carbons (Fsp3) is 0.0667. The Morgan fingerprint density at radius 2 is 1.02 bits per heavy atom. The Hall–Kier alpha value is -6.09. The molecular weight excluding hydrogens is 816 g/mol. The first-order valence-electron chi connectivity index (χ1n) is 16.8. The van der Waals surface area contributed by atoms with Crippen molar-refractivity contribution in [2.75, 3.05) is 0 Å². The van der Waals surface area contributed by atoms with Crippen LogP contribution in [0, 0.1) is 47.9 Å². The van der Waals surface area contributed by atoms with Crippen molar-refractivity contribution in [1.82, 2.24) is 0 Å². The minimum Gasteiger partial charge on any atom is -0.691 e. The molecule has 0 saturated heterocycles. The molecular formula is C45H35BBrN7NaO2S. The van der Waals surface area contributed by atoms with Gasteiger partial charge >= 0.3 is 66.0 Å². The summed E-state index contributed by atoms with van der Waals surface area (Å²) in [6.45, 7) is 15.1.